The van der Waals surface area contributed by atoms with Gasteiger partial charge in [-0.2, -0.15) is 5.26 Å². The van der Waals surface area contributed by atoms with Crippen LogP contribution in [0.4, 0.5) is 4.39 Å². The van der Waals surface area contributed by atoms with Crippen LogP contribution in [0.2, 0.25) is 0 Å². The standard InChI is InChI=1S/C24H23FN6O2/c1-15-18(5-3-16(11-26)21(15)25)19-13-28-31(23(19)33)20-6-4-17(12-27-20)22(32)30-10-9-29(2)24(14-30)7-8-24/h3-6,12-13,28H,7-10,14H2,1-2H3. The summed E-state index contributed by atoms with van der Waals surface area (Å²) in [5.74, 6) is -0.372. The minimum atomic E-state index is -0.639. The molecule has 1 aliphatic carbocycles. The zero-order chi connectivity index (χ0) is 23.3. The van der Waals surface area contributed by atoms with E-state index < -0.39 is 11.4 Å². The number of nitrogens with one attached hydrogen (secondary N) is 1. The largest absolute Gasteiger partial charge is 0.335 e. The van der Waals surface area contributed by atoms with Gasteiger partial charge in [0.15, 0.2) is 5.82 Å². The number of H-pyrrole nitrogens is 1. The van der Waals surface area contributed by atoms with Gasteiger partial charge in [-0.15, -0.1) is 0 Å². The van der Waals surface area contributed by atoms with Crippen molar-refractivity contribution in [1.82, 2.24) is 24.6 Å². The quantitative estimate of drug-likeness (QED) is 0.667. The zero-order valence-corrected chi connectivity index (χ0v) is 18.4. The van der Waals surface area contributed by atoms with Crippen molar-refractivity contribution in [2.45, 2.75) is 25.3 Å². The number of pyridine rings is 1. The van der Waals surface area contributed by atoms with Crippen LogP contribution in [0.3, 0.4) is 0 Å². The summed E-state index contributed by atoms with van der Waals surface area (Å²) in [6.45, 7) is 3.79. The van der Waals surface area contributed by atoms with Crippen LogP contribution in [-0.2, 0) is 0 Å². The van der Waals surface area contributed by atoms with Gasteiger partial charge in [0.05, 0.1) is 16.7 Å². The third kappa shape index (κ3) is 3.43. The van der Waals surface area contributed by atoms with E-state index in [0.717, 1.165) is 25.9 Å². The van der Waals surface area contributed by atoms with E-state index in [2.05, 4.69) is 22.0 Å². The minimum Gasteiger partial charge on any atom is -0.335 e. The topological polar surface area (TPSA) is 98.0 Å². The summed E-state index contributed by atoms with van der Waals surface area (Å²) in [5, 5.41) is 11.9. The molecule has 8 nitrogen and oxygen atoms in total. The minimum absolute atomic E-state index is 0.0587. The number of piperazine rings is 1. The van der Waals surface area contributed by atoms with Crippen molar-refractivity contribution in [3.8, 4) is 23.0 Å². The molecule has 0 unspecified atom stereocenters. The molecule has 1 amide bonds. The monoisotopic (exact) mass is 446 g/mol. The molecule has 0 bridgehead atoms. The van der Waals surface area contributed by atoms with E-state index in [-0.39, 0.29) is 28.1 Å². The van der Waals surface area contributed by atoms with E-state index in [9.17, 15) is 14.0 Å². The van der Waals surface area contributed by atoms with E-state index in [4.69, 9.17) is 5.26 Å². The molecule has 1 saturated carbocycles. The molecule has 1 saturated heterocycles. The number of likely N-dealkylation sites (N-methyl/N-ethyl adjacent to an activating group) is 1. The number of hydrogen-bond donors (Lipinski definition) is 1. The first-order chi connectivity index (χ1) is 15.8. The van der Waals surface area contributed by atoms with Gasteiger partial charge in [-0.3, -0.25) is 19.6 Å². The van der Waals surface area contributed by atoms with Gasteiger partial charge in [0.25, 0.3) is 11.5 Å². The number of hydrogen-bond acceptors (Lipinski definition) is 5. The summed E-state index contributed by atoms with van der Waals surface area (Å²) < 4.78 is 15.6. The van der Waals surface area contributed by atoms with E-state index in [1.165, 1.54) is 30.1 Å². The summed E-state index contributed by atoms with van der Waals surface area (Å²) in [6.07, 6.45) is 5.20. The van der Waals surface area contributed by atoms with E-state index in [1.54, 1.807) is 24.3 Å². The fourth-order valence-corrected chi connectivity index (χ4v) is 4.54. The van der Waals surface area contributed by atoms with Crippen molar-refractivity contribution < 1.29 is 9.18 Å². The fourth-order valence-electron chi connectivity index (χ4n) is 4.54. The molecule has 33 heavy (non-hydrogen) atoms. The van der Waals surface area contributed by atoms with Gasteiger partial charge in [-0.05, 0) is 56.1 Å². The summed E-state index contributed by atoms with van der Waals surface area (Å²) in [6, 6.07) is 8.00. The fraction of sp³-hybridized carbons (Fsp3) is 0.333. The number of halogens is 1. The molecule has 9 heteroatoms. The van der Waals surface area contributed by atoms with Crippen molar-refractivity contribution >= 4 is 5.91 Å². The number of aromatic amines is 1. The van der Waals surface area contributed by atoms with Gasteiger partial charge >= 0.3 is 0 Å². The molecule has 1 spiro atoms. The molecule has 1 aromatic carbocycles. The van der Waals surface area contributed by atoms with Gasteiger partial charge in [0.1, 0.15) is 11.9 Å². The number of aromatic nitrogens is 3. The van der Waals surface area contributed by atoms with Crippen LogP contribution >= 0.6 is 0 Å². The number of amides is 1. The predicted octanol–water partition coefficient (Wildman–Crippen LogP) is 2.47. The van der Waals surface area contributed by atoms with E-state index in [0.29, 0.717) is 23.5 Å². The maximum Gasteiger partial charge on any atom is 0.280 e. The van der Waals surface area contributed by atoms with Crippen LogP contribution in [0.15, 0.2) is 41.5 Å². The van der Waals surface area contributed by atoms with E-state index in [1.807, 2.05) is 4.90 Å². The summed E-state index contributed by atoms with van der Waals surface area (Å²) in [5.41, 5.74) is 1.05. The Morgan fingerprint density at radius 2 is 2.00 bits per heavy atom. The average Bonchev–Trinajstić information content (AvgIpc) is 3.50. The van der Waals surface area contributed by atoms with Gasteiger partial charge in [0, 0.05) is 37.6 Å². The Hall–Kier alpha value is -3.77. The Labute approximate surface area is 189 Å². The Kier molecular flexibility index (Phi) is 4.91. The van der Waals surface area contributed by atoms with Crippen LogP contribution < -0.4 is 5.56 Å². The Morgan fingerprint density at radius 1 is 1.21 bits per heavy atom. The average molecular weight is 446 g/mol. The first kappa shape index (κ1) is 21.1. The number of rotatable bonds is 3. The van der Waals surface area contributed by atoms with Crippen molar-refractivity contribution in [3.05, 3.63) is 69.5 Å². The molecule has 0 atom stereocenters. The highest BCUT2D eigenvalue weighted by Gasteiger charge is 2.50. The smallest absolute Gasteiger partial charge is 0.280 e. The molecule has 5 rings (SSSR count). The second-order valence-corrected chi connectivity index (χ2v) is 8.82. The lowest BCUT2D eigenvalue weighted by atomic mass is 10.0. The van der Waals surface area contributed by atoms with Crippen LogP contribution in [0.25, 0.3) is 16.9 Å². The number of carbonyl (C=O) groups is 1. The van der Waals surface area contributed by atoms with Gasteiger partial charge in [0.2, 0.25) is 0 Å². The van der Waals surface area contributed by atoms with Crippen LogP contribution in [0.5, 0.6) is 0 Å². The van der Waals surface area contributed by atoms with Gasteiger partial charge in [-0.1, -0.05) is 6.07 Å². The normalized spacial score (nSPS) is 17.2. The number of nitrogens with zero attached hydrogens (tertiary/aromatic N) is 5. The highest BCUT2D eigenvalue weighted by molar-refractivity contribution is 5.94. The lowest BCUT2D eigenvalue weighted by Gasteiger charge is -2.40. The second kappa shape index (κ2) is 7.67. The highest BCUT2D eigenvalue weighted by atomic mass is 19.1. The van der Waals surface area contributed by atoms with Crippen LogP contribution in [0, 0.1) is 24.1 Å². The molecule has 1 N–H and O–H groups in total. The third-order valence-electron chi connectivity index (χ3n) is 6.91. The molecular formula is C24H23FN6O2. The molecule has 2 aliphatic rings. The number of nitriles is 1. The van der Waals surface area contributed by atoms with Gasteiger partial charge < -0.3 is 4.90 Å². The van der Waals surface area contributed by atoms with Crippen LogP contribution in [0.1, 0.15) is 34.3 Å². The van der Waals surface area contributed by atoms with Gasteiger partial charge in [-0.25, -0.2) is 14.1 Å². The number of benzene rings is 1. The maximum atomic E-state index is 14.4. The first-order valence-corrected chi connectivity index (χ1v) is 10.8. The maximum absolute atomic E-state index is 14.4. The summed E-state index contributed by atoms with van der Waals surface area (Å²) in [4.78, 5) is 34.5. The van der Waals surface area contributed by atoms with Crippen LogP contribution in [-0.4, -0.2) is 62.7 Å². The lowest BCUT2D eigenvalue weighted by Crippen LogP contribution is -2.54. The molecule has 1 aliphatic heterocycles. The van der Waals surface area contributed by atoms with E-state index >= 15 is 0 Å². The summed E-state index contributed by atoms with van der Waals surface area (Å²) >= 11 is 0. The molecule has 3 aromatic rings. The molecule has 2 fully saturated rings. The lowest BCUT2D eigenvalue weighted by molar-refractivity contribution is 0.0497. The molecule has 3 heterocycles. The Bertz CT molecular complexity index is 1350. The van der Waals surface area contributed by atoms with Crippen molar-refractivity contribution in [3.63, 3.8) is 0 Å². The van der Waals surface area contributed by atoms with Crippen molar-refractivity contribution in [1.29, 1.82) is 5.26 Å². The highest BCUT2D eigenvalue weighted by Crippen LogP contribution is 2.43. The molecule has 0 radical (unpaired) electrons. The number of carbonyl (C=O) groups excluding carboxylic acids is 1. The SMILES string of the molecule is Cc1c(-c2c[nH]n(-c3ccc(C(=O)N4CCN(C)C5(CC5)C4)cn3)c2=O)ccc(C#N)c1F. The Balaban J connectivity index is 1.39. The second-order valence-electron chi connectivity index (χ2n) is 8.82. The van der Waals surface area contributed by atoms with Crippen molar-refractivity contribution in [2.24, 2.45) is 0 Å². The first-order valence-electron chi connectivity index (χ1n) is 10.8. The van der Waals surface area contributed by atoms with Crippen molar-refractivity contribution in [2.75, 3.05) is 26.7 Å². The third-order valence-corrected chi connectivity index (χ3v) is 6.91. The zero-order valence-electron chi connectivity index (χ0n) is 18.4. The molecule has 2 aromatic heterocycles. The molecular weight excluding hydrogens is 423 g/mol. The Morgan fingerprint density at radius 3 is 2.67 bits per heavy atom. The molecule has 168 valence electrons. The predicted molar refractivity (Wildman–Crippen MR) is 120 cm³/mol. The summed E-state index contributed by atoms with van der Waals surface area (Å²) in [7, 11) is 2.11.